The third-order valence-electron chi connectivity index (χ3n) is 2.12. The lowest BCUT2D eigenvalue weighted by Gasteiger charge is -2.09. The van der Waals surface area contributed by atoms with Gasteiger partial charge < -0.3 is 5.32 Å². The third-order valence-corrected chi connectivity index (χ3v) is 2.12. The van der Waals surface area contributed by atoms with Crippen LogP contribution in [0.15, 0.2) is 30.0 Å². The van der Waals surface area contributed by atoms with E-state index in [-0.39, 0.29) is 11.3 Å². The topological polar surface area (TPSA) is 103 Å². The number of hydrogen-bond acceptors (Lipinski definition) is 5. The highest BCUT2D eigenvalue weighted by atomic mass is 19.4. The largest absolute Gasteiger partial charge is 0.423 e. The number of halogens is 3. The van der Waals surface area contributed by atoms with Crippen molar-refractivity contribution in [1.82, 2.24) is 0 Å². The Morgan fingerprint density at radius 1 is 1.35 bits per heavy atom. The van der Waals surface area contributed by atoms with E-state index in [4.69, 9.17) is 10.5 Å². The number of nitriles is 2. The molecular weight excluding hydrogens is 277 g/mol. The Labute approximate surface area is 110 Å². The van der Waals surface area contributed by atoms with Crippen LogP contribution in [-0.4, -0.2) is 4.92 Å². The number of nitrogens with zero attached hydrogens (tertiary/aromatic N) is 3. The number of benzene rings is 1. The molecule has 0 fully saturated rings. The lowest BCUT2D eigenvalue weighted by molar-refractivity contribution is -0.388. The van der Waals surface area contributed by atoms with Gasteiger partial charge in [-0.05, 0) is 12.1 Å². The second kappa shape index (κ2) is 5.71. The third kappa shape index (κ3) is 3.46. The van der Waals surface area contributed by atoms with Crippen molar-refractivity contribution in [3.63, 3.8) is 0 Å². The molecule has 0 aliphatic carbocycles. The molecule has 20 heavy (non-hydrogen) atoms. The predicted molar refractivity (Wildman–Crippen MR) is 61.0 cm³/mol. The lowest BCUT2D eigenvalue weighted by Crippen LogP contribution is -2.09. The molecule has 0 atom stereocenters. The fraction of sp³-hybridized carbons (Fsp3) is 0.0909. The average Bonchev–Trinajstić information content (AvgIpc) is 2.38. The summed E-state index contributed by atoms with van der Waals surface area (Å²) in [5.41, 5.74) is -2.98. The van der Waals surface area contributed by atoms with Gasteiger partial charge in [0.2, 0.25) is 0 Å². The first-order valence-corrected chi connectivity index (χ1v) is 4.92. The minimum absolute atomic E-state index is 0.133. The second-order valence-corrected chi connectivity index (χ2v) is 3.41. The van der Waals surface area contributed by atoms with E-state index in [1.54, 1.807) is 0 Å². The zero-order valence-electron chi connectivity index (χ0n) is 9.60. The average molecular weight is 282 g/mol. The smallest absolute Gasteiger partial charge is 0.360 e. The highest BCUT2D eigenvalue weighted by molar-refractivity contribution is 5.57. The molecule has 0 saturated carbocycles. The summed E-state index contributed by atoms with van der Waals surface area (Å²) in [7, 11) is 0. The summed E-state index contributed by atoms with van der Waals surface area (Å²) in [6.45, 7) is 0. The van der Waals surface area contributed by atoms with E-state index in [0.717, 1.165) is 12.3 Å². The summed E-state index contributed by atoms with van der Waals surface area (Å²) >= 11 is 0. The number of alkyl halides is 3. The van der Waals surface area contributed by atoms with Crippen LogP contribution >= 0.6 is 0 Å². The van der Waals surface area contributed by atoms with Gasteiger partial charge in [0.15, 0.2) is 0 Å². The molecule has 1 N–H and O–H groups in total. The summed E-state index contributed by atoms with van der Waals surface area (Å²) in [6.07, 6.45) is -3.99. The number of anilines is 1. The van der Waals surface area contributed by atoms with Crippen LogP contribution in [-0.2, 0) is 6.18 Å². The Balaban J connectivity index is 3.22. The second-order valence-electron chi connectivity index (χ2n) is 3.41. The summed E-state index contributed by atoms with van der Waals surface area (Å²) in [5.74, 6) is 0. The van der Waals surface area contributed by atoms with Gasteiger partial charge in [0.05, 0.1) is 4.92 Å². The van der Waals surface area contributed by atoms with E-state index in [1.165, 1.54) is 12.1 Å². The van der Waals surface area contributed by atoms with Gasteiger partial charge in [0.25, 0.3) is 5.69 Å². The van der Waals surface area contributed by atoms with Gasteiger partial charge in [-0.1, -0.05) is 0 Å². The van der Waals surface area contributed by atoms with Crippen LogP contribution in [0.2, 0.25) is 0 Å². The molecule has 0 aliphatic heterocycles. The van der Waals surface area contributed by atoms with Gasteiger partial charge >= 0.3 is 6.18 Å². The van der Waals surface area contributed by atoms with Crippen molar-refractivity contribution in [1.29, 1.82) is 10.5 Å². The molecular formula is C11H5F3N4O2. The van der Waals surface area contributed by atoms with Gasteiger partial charge in [0, 0.05) is 18.0 Å². The fourth-order valence-corrected chi connectivity index (χ4v) is 1.26. The van der Waals surface area contributed by atoms with E-state index >= 15 is 0 Å². The van der Waals surface area contributed by atoms with E-state index in [0.29, 0.717) is 12.1 Å². The Kier molecular flexibility index (Phi) is 4.28. The SMILES string of the molecule is N#CC(C#N)=CNc1ccc([N+](=O)[O-])c(C(F)(F)F)c1. The maximum atomic E-state index is 12.7. The summed E-state index contributed by atoms with van der Waals surface area (Å²) < 4.78 is 38.0. The van der Waals surface area contributed by atoms with E-state index in [1.807, 2.05) is 0 Å². The fourth-order valence-electron chi connectivity index (χ4n) is 1.26. The molecule has 0 spiro atoms. The van der Waals surface area contributed by atoms with Gasteiger partial charge in [-0.15, -0.1) is 0 Å². The Bertz CT molecular complexity index is 637. The number of rotatable bonds is 3. The lowest BCUT2D eigenvalue weighted by atomic mass is 10.1. The van der Waals surface area contributed by atoms with Crippen LogP contribution in [0, 0.1) is 32.8 Å². The molecule has 1 aromatic rings. The van der Waals surface area contributed by atoms with Crippen LogP contribution in [0.1, 0.15) is 5.56 Å². The highest BCUT2D eigenvalue weighted by Crippen LogP contribution is 2.37. The van der Waals surface area contributed by atoms with Gasteiger partial charge in [-0.2, -0.15) is 23.7 Å². The van der Waals surface area contributed by atoms with Gasteiger partial charge in [0.1, 0.15) is 23.3 Å². The number of allylic oxidation sites excluding steroid dienone is 1. The Morgan fingerprint density at radius 3 is 2.40 bits per heavy atom. The highest BCUT2D eigenvalue weighted by Gasteiger charge is 2.38. The molecule has 1 aromatic carbocycles. The molecule has 0 aliphatic rings. The number of nitro groups is 1. The minimum atomic E-state index is -4.89. The summed E-state index contributed by atoms with van der Waals surface area (Å²) in [6, 6.07) is 5.27. The zero-order chi connectivity index (χ0) is 15.3. The molecule has 102 valence electrons. The molecule has 0 bridgehead atoms. The normalized spacial score (nSPS) is 10.1. The molecule has 0 saturated heterocycles. The van der Waals surface area contributed by atoms with Crippen LogP contribution in [0.4, 0.5) is 24.5 Å². The number of nitrogens with one attached hydrogen (secondary N) is 1. The Morgan fingerprint density at radius 2 is 1.95 bits per heavy atom. The van der Waals surface area contributed by atoms with Crippen molar-refractivity contribution in [3.05, 3.63) is 45.6 Å². The molecule has 0 radical (unpaired) electrons. The maximum Gasteiger partial charge on any atom is 0.423 e. The van der Waals surface area contributed by atoms with Gasteiger partial charge in [-0.3, -0.25) is 10.1 Å². The van der Waals surface area contributed by atoms with Crippen molar-refractivity contribution in [3.8, 4) is 12.1 Å². The summed E-state index contributed by atoms with van der Waals surface area (Å²) in [4.78, 5) is 9.39. The standard InChI is InChI=1S/C11H5F3N4O2/c12-11(13,14)9-3-8(1-2-10(9)18(19)20)17-6-7(4-15)5-16/h1-3,6,17H. The van der Waals surface area contributed by atoms with Crippen molar-refractivity contribution < 1.29 is 18.1 Å². The summed E-state index contributed by atoms with van der Waals surface area (Å²) in [5, 5.41) is 29.7. The Hall–Kier alpha value is -3.07. The monoisotopic (exact) mass is 282 g/mol. The van der Waals surface area contributed by atoms with E-state index in [9.17, 15) is 23.3 Å². The van der Waals surface area contributed by atoms with Crippen molar-refractivity contribution in [2.75, 3.05) is 5.32 Å². The van der Waals surface area contributed by atoms with Crippen LogP contribution in [0.5, 0.6) is 0 Å². The van der Waals surface area contributed by atoms with E-state index in [2.05, 4.69) is 5.32 Å². The molecule has 1 rings (SSSR count). The minimum Gasteiger partial charge on any atom is -0.360 e. The number of hydrogen-bond donors (Lipinski definition) is 1. The zero-order valence-corrected chi connectivity index (χ0v) is 9.60. The van der Waals surface area contributed by atoms with Crippen molar-refractivity contribution in [2.45, 2.75) is 6.18 Å². The van der Waals surface area contributed by atoms with Gasteiger partial charge in [-0.25, -0.2) is 0 Å². The van der Waals surface area contributed by atoms with Crippen LogP contribution in [0.25, 0.3) is 0 Å². The van der Waals surface area contributed by atoms with E-state index < -0.39 is 22.4 Å². The van der Waals surface area contributed by atoms with Crippen LogP contribution < -0.4 is 5.32 Å². The maximum absolute atomic E-state index is 12.7. The molecule has 0 aromatic heterocycles. The quantitative estimate of drug-likeness (QED) is 0.521. The van der Waals surface area contributed by atoms with Crippen molar-refractivity contribution in [2.24, 2.45) is 0 Å². The first-order valence-electron chi connectivity index (χ1n) is 4.92. The molecule has 0 amide bonds. The molecule has 9 heteroatoms. The first-order chi connectivity index (χ1) is 9.29. The van der Waals surface area contributed by atoms with Crippen molar-refractivity contribution >= 4 is 11.4 Å². The number of nitro benzene ring substituents is 1. The molecule has 6 nitrogen and oxygen atoms in total. The predicted octanol–water partition coefficient (Wildman–Crippen LogP) is 2.96. The molecule has 0 heterocycles. The first kappa shape index (κ1) is 15.0. The molecule has 0 unspecified atom stereocenters. The van der Waals surface area contributed by atoms with Crippen LogP contribution in [0.3, 0.4) is 0 Å².